The number of carbonyl (C=O) groups is 4. The minimum absolute atomic E-state index is 0.0442. The van der Waals surface area contributed by atoms with E-state index in [1.807, 2.05) is 51.9 Å². The molecular weight excluding hydrogens is 662 g/mol. The van der Waals surface area contributed by atoms with Gasteiger partial charge in [-0.2, -0.15) is 0 Å². The zero-order chi connectivity index (χ0) is 35.9. The molecule has 52 heavy (non-hydrogen) atoms. The summed E-state index contributed by atoms with van der Waals surface area (Å²) in [7, 11) is 0. The number of nitrogens with one attached hydrogen (secondary N) is 2. The van der Waals surface area contributed by atoms with Gasteiger partial charge in [-0.05, 0) is 55.0 Å². The van der Waals surface area contributed by atoms with Gasteiger partial charge in [0.2, 0.25) is 17.7 Å². The number of anilines is 1. The predicted octanol–water partition coefficient (Wildman–Crippen LogP) is 2.93. The summed E-state index contributed by atoms with van der Waals surface area (Å²) in [6, 6.07) is 14.8. The molecule has 1 saturated carbocycles. The lowest BCUT2D eigenvalue weighted by molar-refractivity contribution is -0.134. The molecule has 2 fully saturated rings. The van der Waals surface area contributed by atoms with Gasteiger partial charge in [-0.1, -0.05) is 37.1 Å². The van der Waals surface area contributed by atoms with Crippen LogP contribution in [0.5, 0.6) is 5.75 Å². The molecule has 276 valence electrons. The number of hydrogen-bond donors (Lipinski definition) is 2. The van der Waals surface area contributed by atoms with E-state index in [1.165, 1.54) is 17.7 Å². The smallest absolute Gasteiger partial charge is 0.256 e. The normalized spacial score (nSPS) is 20.8. The molecule has 1 aliphatic carbocycles. The highest BCUT2D eigenvalue weighted by Crippen LogP contribution is 2.38. The number of aromatic nitrogens is 2. The molecule has 1 unspecified atom stereocenters. The van der Waals surface area contributed by atoms with Crippen molar-refractivity contribution in [2.24, 2.45) is 5.92 Å². The number of benzene rings is 2. The van der Waals surface area contributed by atoms with Crippen LogP contribution in [0.3, 0.4) is 0 Å². The fraction of sp³-hybridized carbons (Fsp3) is 0.513. The summed E-state index contributed by atoms with van der Waals surface area (Å²) < 4.78 is 13.5. The number of amides is 4. The highest BCUT2D eigenvalue weighted by Gasteiger charge is 2.36. The Hall–Kier alpha value is -4.91. The Morgan fingerprint density at radius 2 is 1.63 bits per heavy atom. The molecule has 2 N–H and O–H groups in total. The van der Waals surface area contributed by atoms with Crippen molar-refractivity contribution < 1.29 is 28.7 Å². The molecule has 3 aromatic rings. The molecule has 1 atom stereocenters. The van der Waals surface area contributed by atoms with Crippen LogP contribution in [0.15, 0.2) is 54.9 Å². The first-order chi connectivity index (χ1) is 25.4. The van der Waals surface area contributed by atoms with E-state index in [0.29, 0.717) is 82.5 Å². The molecule has 4 aliphatic rings. The second kappa shape index (κ2) is 16.6. The number of hydrogen-bond acceptors (Lipinski definition) is 8. The Kier molecular flexibility index (Phi) is 11.3. The average molecular weight is 712 g/mol. The average Bonchev–Trinajstić information content (AvgIpc) is 3.83. The standard InChI is InChI=1S/C39H49N7O6/c47-34-25-44(39(50)31-11-3-4-12-32(31)43-18-21-51-22-19-43)17-15-41-35(48)26-45-27-42-37-33(45)13-16-46(36(49)23-28-7-1-2-8-28)38(37)29-9-5-10-30(24-29)52-20-6-14-40-34/h3-5,9-12,24,27-28,38H,1-2,6-8,13-23,25-26H2,(H,40,47)(H,41,48). The van der Waals surface area contributed by atoms with Gasteiger partial charge in [0.1, 0.15) is 18.3 Å². The maximum absolute atomic E-state index is 14.1. The van der Waals surface area contributed by atoms with E-state index < -0.39 is 6.04 Å². The largest absolute Gasteiger partial charge is 0.494 e. The molecule has 2 aromatic carbocycles. The molecule has 6 bridgehead atoms. The van der Waals surface area contributed by atoms with E-state index in [2.05, 4.69) is 15.5 Å². The zero-order valence-corrected chi connectivity index (χ0v) is 29.8. The highest BCUT2D eigenvalue weighted by atomic mass is 16.5. The van der Waals surface area contributed by atoms with Crippen LogP contribution in [0, 0.1) is 5.92 Å². The van der Waals surface area contributed by atoms with Gasteiger partial charge in [-0.3, -0.25) is 19.2 Å². The summed E-state index contributed by atoms with van der Waals surface area (Å²) in [5.74, 6) is 0.429. The van der Waals surface area contributed by atoms with Crippen molar-refractivity contribution in [1.29, 1.82) is 0 Å². The van der Waals surface area contributed by atoms with Crippen molar-refractivity contribution in [3.8, 4) is 5.75 Å². The number of morpholine rings is 1. The van der Waals surface area contributed by atoms with Gasteiger partial charge in [0.15, 0.2) is 0 Å². The summed E-state index contributed by atoms with van der Waals surface area (Å²) in [5.41, 5.74) is 3.93. The fourth-order valence-corrected chi connectivity index (χ4v) is 7.94. The Bertz CT molecular complexity index is 1750. The topological polar surface area (TPSA) is 138 Å². The van der Waals surface area contributed by atoms with Gasteiger partial charge in [0.25, 0.3) is 5.91 Å². The van der Waals surface area contributed by atoms with Gasteiger partial charge in [0.05, 0.1) is 44.0 Å². The van der Waals surface area contributed by atoms with Crippen LogP contribution in [0.4, 0.5) is 5.69 Å². The Labute approximate surface area is 304 Å². The first kappa shape index (κ1) is 35.5. The van der Waals surface area contributed by atoms with Crippen molar-refractivity contribution in [1.82, 2.24) is 30.0 Å². The molecule has 1 saturated heterocycles. The van der Waals surface area contributed by atoms with Crippen LogP contribution in [-0.2, 0) is 32.1 Å². The number of para-hydroxylation sites is 1. The molecule has 1 aromatic heterocycles. The van der Waals surface area contributed by atoms with E-state index >= 15 is 0 Å². The number of ether oxygens (including phenoxy) is 2. The summed E-state index contributed by atoms with van der Waals surface area (Å²) in [5, 5.41) is 5.90. The van der Waals surface area contributed by atoms with Gasteiger partial charge in [-0.15, -0.1) is 0 Å². The first-order valence-electron chi connectivity index (χ1n) is 18.7. The van der Waals surface area contributed by atoms with Gasteiger partial charge in [-0.25, -0.2) is 4.98 Å². The zero-order valence-electron chi connectivity index (χ0n) is 29.8. The predicted molar refractivity (Wildman–Crippen MR) is 194 cm³/mol. The minimum atomic E-state index is -0.393. The van der Waals surface area contributed by atoms with E-state index in [0.717, 1.165) is 35.5 Å². The summed E-state index contributed by atoms with van der Waals surface area (Å²) in [4.78, 5) is 64.8. The van der Waals surface area contributed by atoms with Crippen molar-refractivity contribution in [3.05, 3.63) is 77.4 Å². The Morgan fingerprint density at radius 1 is 0.846 bits per heavy atom. The van der Waals surface area contributed by atoms with Crippen LogP contribution in [-0.4, -0.2) is 109 Å². The number of fused-ring (bicyclic) bond motifs is 3. The number of imidazole rings is 1. The molecule has 0 spiro atoms. The minimum Gasteiger partial charge on any atom is -0.494 e. The molecule has 3 aliphatic heterocycles. The van der Waals surface area contributed by atoms with Crippen molar-refractivity contribution in [3.63, 3.8) is 0 Å². The third-order valence-corrected chi connectivity index (χ3v) is 10.6. The highest BCUT2D eigenvalue weighted by molar-refractivity contribution is 6.01. The van der Waals surface area contributed by atoms with Crippen LogP contribution < -0.4 is 20.3 Å². The van der Waals surface area contributed by atoms with Crippen LogP contribution >= 0.6 is 0 Å². The maximum Gasteiger partial charge on any atom is 0.256 e. The number of rotatable bonds is 4. The lowest BCUT2D eigenvalue weighted by atomic mass is 9.93. The van der Waals surface area contributed by atoms with Crippen molar-refractivity contribution in [2.75, 3.05) is 70.5 Å². The third kappa shape index (κ3) is 8.25. The third-order valence-electron chi connectivity index (χ3n) is 10.6. The van der Waals surface area contributed by atoms with Crippen LogP contribution in [0.25, 0.3) is 0 Å². The quantitative estimate of drug-likeness (QED) is 0.422. The summed E-state index contributed by atoms with van der Waals surface area (Å²) in [6.07, 6.45) is 7.92. The second-order valence-corrected chi connectivity index (χ2v) is 14.1. The van der Waals surface area contributed by atoms with Crippen LogP contribution in [0.1, 0.15) is 71.9 Å². The summed E-state index contributed by atoms with van der Waals surface area (Å²) in [6.45, 7) is 3.97. The second-order valence-electron chi connectivity index (χ2n) is 14.1. The number of nitrogens with zero attached hydrogens (tertiary/aromatic N) is 5. The van der Waals surface area contributed by atoms with Crippen molar-refractivity contribution >= 4 is 29.3 Å². The lowest BCUT2D eigenvalue weighted by Crippen LogP contribution is -2.45. The SMILES string of the molecule is O=C1CN(C(=O)c2ccccc2N2CCOCC2)CCNC(=O)Cn2cnc3c2CCN(C(=O)CC2CCCC2)C3c2cccc(c2)OCCCN1. The van der Waals surface area contributed by atoms with E-state index in [1.54, 1.807) is 12.4 Å². The maximum atomic E-state index is 14.1. The summed E-state index contributed by atoms with van der Waals surface area (Å²) >= 11 is 0. The molecule has 13 nitrogen and oxygen atoms in total. The number of carbonyl (C=O) groups excluding carboxylic acids is 4. The van der Waals surface area contributed by atoms with E-state index in [4.69, 9.17) is 14.5 Å². The molecule has 7 rings (SSSR count). The molecule has 13 heteroatoms. The molecular formula is C39H49N7O6. The van der Waals surface area contributed by atoms with Crippen LogP contribution in [0.2, 0.25) is 0 Å². The molecule has 0 radical (unpaired) electrons. The van der Waals surface area contributed by atoms with Gasteiger partial charge >= 0.3 is 0 Å². The fourth-order valence-electron chi connectivity index (χ4n) is 7.94. The van der Waals surface area contributed by atoms with E-state index in [-0.39, 0.29) is 49.8 Å². The van der Waals surface area contributed by atoms with Gasteiger partial charge < -0.3 is 39.4 Å². The van der Waals surface area contributed by atoms with Crippen molar-refractivity contribution in [2.45, 2.75) is 57.5 Å². The lowest BCUT2D eigenvalue weighted by Gasteiger charge is -2.36. The first-order valence-corrected chi connectivity index (χ1v) is 18.7. The van der Waals surface area contributed by atoms with E-state index in [9.17, 15) is 19.2 Å². The molecule has 4 heterocycles. The Morgan fingerprint density at radius 3 is 2.48 bits per heavy atom. The monoisotopic (exact) mass is 711 g/mol. The molecule has 4 amide bonds. The Balaban J connectivity index is 1.12. The van der Waals surface area contributed by atoms with Gasteiger partial charge in [0, 0.05) is 63.5 Å².